The lowest BCUT2D eigenvalue weighted by Gasteiger charge is -2.49. The minimum atomic E-state index is -1.38. The van der Waals surface area contributed by atoms with Gasteiger partial charge < -0.3 is 43.7 Å². The number of hydrogen-bond donors (Lipinski definition) is 2. The third-order valence-corrected chi connectivity index (χ3v) is 12.8. The zero-order chi connectivity index (χ0) is 44.1. The molecule has 3 saturated heterocycles. The number of esters is 2. The smallest absolute Gasteiger partial charge is 0.408 e. The van der Waals surface area contributed by atoms with Gasteiger partial charge in [-0.25, -0.2) is 9.59 Å². The molecule has 0 spiro atoms. The van der Waals surface area contributed by atoms with Gasteiger partial charge in [-0.3, -0.25) is 9.59 Å². The molecule has 60 heavy (non-hydrogen) atoms. The summed E-state index contributed by atoms with van der Waals surface area (Å²) in [6, 6.07) is 14.8. The second-order valence-electron chi connectivity index (χ2n) is 17.4. The number of fused-ring (bicyclic) bond motifs is 1. The van der Waals surface area contributed by atoms with Gasteiger partial charge in [-0.1, -0.05) is 81.8 Å². The number of nitrogens with one attached hydrogen (secondary N) is 1. The lowest BCUT2D eigenvalue weighted by atomic mass is 9.73. The molecule has 1 unspecified atom stereocenters. The van der Waals surface area contributed by atoms with E-state index in [1.165, 1.54) is 0 Å². The van der Waals surface area contributed by atoms with Crippen molar-refractivity contribution in [3.05, 3.63) is 76.8 Å². The minimum absolute atomic E-state index is 0.0528. The van der Waals surface area contributed by atoms with Crippen LogP contribution in [0, 0.1) is 23.7 Å². The highest BCUT2D eigenvalue weighted by Crippen LogP contribution is 2.41. The molecule has 3 fully saturated rings. The Morgan fingerprint density at radius 3 is 2.37 bits per heavy atom. The molecule has 2 aromatic carbocycles. The zero-order valence-electron chi connectivity index (χ0n) is 36.5. The monoisotopic (exact) mass is 854 g/mol. The highest BCUT2D eigenvalue weighted by atomic mass is 35.5. The first-order valence-corrected chi connectivity index (χ1v) is 21.4. The maximum Gasteiger partial charge on any atom is 0.408 e. The Morgan fingerprint density at radius 2 is 1.72 bits per heavy atom. The number of nitrogens with zero attached hydrogens (tertiary/aromatic N) is 1. The van der Waals surface area contributed by atoms with Crippen molar-refractivity contribution < 1.29 is 52.7 Å². The molecule has 2 aromatic rings. The quantitative estimate of drug-likeness (QED) is 0.189. The van der Waals surface area contributed by atoms with Crippen LogP contribution < -0.4 is 5.32 Å². The molecule has 3 aliphatic rings. The Morgan fingerprint density at radius 1 is 1.02 bits per heavy atom. The van der Waals surface area contributed by atoms with Crippen molar-refractivity contribution in [2.75, 3.05) is 20.7 Å². The number of cyclic esters (lactones) is 1. The lowest BCUT2D eigenvalue weighted by Crippen LogP contribution is -2.61. The van der Waals surface area contributed by atoms with Crippen molar-refractivity contribution in [3.63, 3.8) is 0 Å². The van der Waals surface area contributed by atoms with Crippen LogP contribution in [0.1, 0.15) is 90.6 Å². The third-order valence-electron chi connectivity index (χ3n) is 12.6. The minimum Gasteiger partial charge on any atom is -0.458 e. The number of aliphatic hydroxyl groups is 1. The Kier molecular flexibility index (Phi) is 15.7. The molecule has 0 aromatic heterocycles. The normalized spacial score (nSPS) is 36.9. The highest BCUT2D eigenvalue weighted by Gasteiger charge is 2.57. The molecule has 330 valence electrons. The Labute approximate surface area is 359 Å². The molecular weight excluding hydrogens is 792 g/mol. The van der Waals surface area contributed by atoms with Gasteiger partial charge >= 0.3 is 18.0 Å². The summed E-state index contributed by atoms with van der Waals surface area (Å²) in [4.78, 5) is 57.1. The van der Waals surface area contributed by atoms with Gasteiger partial charge in [0.25, 0.3) is 0 Å². The van der Waals surface area contributed by atoms with Crippen LogP contribution in [-0.2, 0) is 38.0 Å². The third kappa shape index (κ3) is 10.6. The number of likely N-dealkylation sites (N-methyl/N-ethyl adjacent to an activating group) is 1. The number of ether oxygens (including phenoxy) is 6. The van der Waals surface area contributed by atoms with Crippen LogP contribution in [0.15, 0.2) is 60.7 Å². The molecule has 0 bridgehead atoms. The maximum atomic E-state index is 14.6. The van der Waals surface area contributed by atoms with Gasteiger partial charge in [0, 0.05) is 22.8 Å². The number of hydrogen-bond acceptors (Lipinski definition) is 12. The molecule has 0 saturated carbocycles. The SMILES string of the molecule is CCC1OC(=O)[C@H](C)[C@@H](O)[C@H](C)[C@@H](O[C@@H]2O[C@H](C)C[C@H](N(C)C)[C@H]2OC(=O)c2ccccc2)[C@](C)(OC/C=C/c2cccc(Cl)c2)C[C@@H](C)C(=O)[C@H](C)[C@H]2NC(=O)O[C@]12C. The van der Waals surface area contributed by atoms with Gasteiger partial charge in [0.1, 0.15) is 11.9 Å². The number of benzene rings is 2. The van der Waals surface area contributed by atoms with Gasteiger partial charge in [0.05, 0.1) is 54.1 Å². The summed E-state index contributed by atoms with van der Waals surface area (Å²) >= 11 is 6.25. The average molecular weight is 855 g/mol. The Balaban J connectivity index is 1.61. The van der Waals surface area contributed by atoms with E-state index in [2.05, 4.69) is 5.32 Å². The summed E-state index contributed by atoms with van der Waals surface area (Å²) in [6.45, 7) is 14.1. The van der Waals surface area contributed by atoms with E-state index in [0.29, 0.717) is 17.0 Å². The molecule has 13 nitrogen and oxygen atoms in total. The molecule has 0 aliphatic carbocycles. The van der Waals surface area contributed by atoms with Crippen LogP contribution in [-0.4, -0.2) is 115 Å². The Hall–Kier alpha value is -3.85. The fourth-order valence-corrected chi connectivity index (χ4v) is 9.39. The zero-order valence-corrected chi connectivity index (χ0v) is 37.2. The van der Waals surface area contributed by atoms with E-state index in [0.717, 1.165) is 5.56 Å². The van der Waals surface area contributed by atoms with Gasteiger partial charge in [-0.05, 0) is 90.9 Å². The number of rotatable bonds is 10. The summed E-state index contributed by atoms with van der Waals surface area (Å²) in [5, 5.41) is 15.6. The molecule has 3 aliphatic heterocycles. The molecular formula is C46H63ClN2O11. The second-order valence-corrected chi connectivity index (χ2v) is 17.9. The fraction of sp³-hybridized carbons (Fsp3) is 0.609. The molecule has 0 radical (unpaired) electrons. The van der Waals surface area contributed by atoms with Crippen LogP contribution in [0.5, 0.6) is 0 Å². The van der Waals surface area contributed by atoms with Gasteiger partial charge in [0.2, 0.25) is 0 Å². The predicted octanol–water partition coefficient (Wildman–Crippen LogP) is 6.87. The van der Waals surface area contributed by atoms with Crippen molar-refractivity contribution in [2.24, 2.45) is 23.7 Å². The van der Waals surface area contributed by atoms with Crippen molar-refractivity contribution in [3.8, 4) is 0 Å². The van der Waals surface area contributed by atoms with Crippen LogP contribution in [0.25, 0.3) is 6.08 Å². The molecule has 1 amide bonds. The summed E-state index contributed by atoms with van der Waals surface area (Å²) in [6.07, 6.45) is -1.97. The maximum absolute atomic E-state index is 14.6. The Bertz CT molecular complexity index is 1840. The summed E-state index contributed by atoms with van der Waals surface area (Å²) < 4.78 is 38.5. The van der Waals surface area contributed by atoms with E-state index in [1.807, 2.05) is 69.3 Å². The van der Waals surface area contributed by atoms with E-state index in [1.54, 1.807) is 71.9 Å². The van der Waals surface area contributed by atoms with Gasteiger partial charge in [-0.2, -0.15) is 0 Å². The van der Waals surface area contributed by atoms with Crippen LogP contribution in [0.2, 0.25) is 5.02 Å². The van der Waals surface area contributed by atoms with E-state index < -0.39 is 89.7 Å². The second kappa shape index (κ2) is 19.9. The summed E-state index contributed by atoms with van der Waals surface area (Å²) in [5.74, 6) is -4.89. The van der Waals surface area contributed by atoms with Gasteiger partial charge in [-0.15, -0.1) is 0 Å². The summed E-state index contributed by atoms with van der Waals surface area (Å²) in [5.41, 5.74) is -1.54. The van der Waals surface area contributed by atoms with E-state index in [9.17, 15) is 24.3 Å². The average Bonchev–Trinajstić information content (AvgIpc) is 3.53. The standard InChI is InChI=1S/C46H63ClN2O11/c1-11-35-46(8)39(48-44(54)60-46)28(4)36(50)26(2)25-45(7,55-22-16-18-31-17-15-21-33(47)24-31)40(29(5)37(51)30(6)41(52)57-35)59-43-38(34(49(9)10)23-27(3)56-43)58-42(53)32-19-13-12-14-20-32/h12-21,24,26-30,34-35,37-40,43,51H,11,22-23,25H2,1-10H3,(H,48,54)/b18-16+/t26-,27-,28+,29+,30-,34+,35?,37+,38-,39-,40-,43+,45-,46-/m1/s1. The number of alkyl carbamates (subject to hydrolysis) is 1. The topological polar surface area (TPSA) is 159 Å². The van der Waals surface area contributed by atoms with Crippen LogP contribution >= 0.6 is 11.6 Å². The highest BCUT2D eigenvalue weighted by molar-refractivity contribution is 6.30. The van der Waals surface area contributed by atoms with Crippen LogP contribution in [0.4, 0.5) is 4.79 Å². The molecule has 5 rings (SSSR count). The first-order chi connectivity index (χ1) is 28.3. The fourth-order valence-electron chi connectivity index (χ4n) is 9.19. The molecule has 14 atom stereocenters. The van der Waals surface area contributed by atoms with Crippen molar-refractivity contribution in [1.29, 1.82) is 0 Å². The van der Waals surface area contributed by atoms with Crippen molar-refractivity contribution >= 4 is 41.5 Å². The number of Topliss-reactive ketones (excluding diaryl/α,β-unsaturated/α-hetero) is 1. The van der Waals surface area contributed by atoms with Crippen molar-refractivity contribution in [1.82, 2.24) is 10.2 Å². The largest absolute Gasteiger partial charge is 0.458 e. The van der Waals surface area contributed by atoms with Crippen LogP contribution in [0.3, 0.4) is 0 Å². The molecule has 14 heteroatoms. The number of amides is 1. The molecule has 2 N–H and O–H groups in total. The summed E-state index contributed by atoms with van der Waals surface area (Å²) in [7, 11) is 3.79. The van der Waals surface area contributed by atoms with Crippen molar-refractivity contribution in [2.45, 2.75) is 135 Å². The number of halogens is 1. The number of carbonyl (C=O) groups is 4. The van der Waals surface area contributed by atoms with E-state index in [4.69, 9.17) is 40.0 Å². The first kappa shape index (κ1) is 47.2. The van der Waals surface area contributed by atoms with Gasteiger partial charge in [0.15, 0.2) is 18.0 Å². The predicted molar refractivity (Wildman–Crippen MR) is 226 cm³/mol. The van der Waals surface area contributed by atoms with E-state index in [-0.39, 0.29) is 37.4 Å². The lowest BCUT2D eigenvalue weighted by molar-refractivity contribution is -0.302. The van der Waals surface area contributed by atoms with E-state index >= 15 is 0 Å². The first-order valence-electron chi connectivity index (χ1n) is 21.0. The number of aliphatic hydroxyl groups excluding tert-OH is 1. The molecule has 3 heterocycles. The number of carbonyl (C=O) groups excluding carboxylic acids is 4. The number of ketones is 1.